The predicted molar refractivity (Wildman–Crippen MR) is 139 cm³/mol. The molecule has 0 aromatic rings. The van der Waals surface area contributed by atoms with Crippen molar-refractivity contribution in [1.29, 1.82) is 0 Å². The Morgan fingerprint density at radius 2 is 1.06 bits per heavy atom. The van der Waals surface area contributed by atoms with E-state index in [0.29, 0.717) is 31.6 Å². The summed E-state index contributed by atoms with van der Waals surface area (Å²) in [5, 5.41) is 18.1. The van der Waals surface area contributed by atoms with Gasteiger partial charge in [0.25, 0.3) is 0 Å². The van der Waals surface area contributed by atoms with Gasteiger partial charge < -0.3 is 26.0 Å². The molecule has 0 unspecified atom stereocenters. The molecule has 0 aromatic heterocycles. The van der Waals surface area contributed by atoms with Crippen molar-refractivity contribution in [2.24, 2.45) is 23.7 Å². The van der Waals surface area contributed by atoms with E-state index in [1.54, 1.807) is 14.1 Å². The van der Waals surface area contributed by atoms with E-state index in [1.807, 2.05) is 55.4 Å². The van der Waals surface area contributed by atoms with Crippen LogP contribution in [-0.2, 0) is 19.2 Å². The Morgan fingerprint density at radius 3 is 1.46 bits per heavy atom. The third-order valence-corrected chi connectivity index (χ3v) is 5.83. The highest BCUT2D eigenvalue weighted by Gasteiger charge is 2.35. The molecule has 0 rings (SSSR count). The maximum Gasteiger partial charge on any atom is 0.326 e. The highest BCUT2D eigenvalue weighted by atomic mass is 16.4. The maximum atomic E-state index is 13.6. The van der Waals surface area contributed by atoms with Gasteiger partial charge in [0.15, 0.2) is 0 Å². The first-order valence-electron chi connectivity index (χ1n) is 12.9. The zero-order valence-electron chi connectivity index (χ0n) is 23.5. The zero-order valence-corrected chi connectivity index (χ0v) is 23.5. The van der Waals surface area contributed by atoms with Gasteiger partial charge in [0.1, 0.15) is 18.1 Å². The Hall–Kier alpha value is -2.16. The van der Waals surface area contributed by atoms with E-state index < -0.39 is 36.0 Å². The SMILES string of the molecule is CN[C@H](CC(C)C)C(=O)N[C@@H](CC(C)C)C(=O)N(C)[C@H](CC(C)C)C(=O)N[C@@H](CC(C)C)C(=O)O. The summed E-state index contributed by atoms with van der Waals surface area (Å²) in [5.41, 5.74) is 0. The Kier molecular flexibility index (Phi) is 14.8. The van der Waals surface area contributed by atoms with Crippen molar-refractivity contribution in [2.75, 3.05) is 14.1 Å². The Bertz CT molecular complexity index is 693. The van der Waals surface area contributed by atoms with E-state index in [2.05, 4.69) is 16.0 Å². The molecule has 9 nitrogen and oxygen atoms in total. The summed E-state index contributed by atoms with van der Waals surface area (Å²) in [5.74, 6) is -1.60. The van der Waals surface area contributed by atoms with E-state index in [4.69, 9.17) is 0 Å². The minimum atomic E-state index is -1.10. The topological polar surface area (TPSA) is 128 Å². The fourth-order valence-corrected chi connectivity index (χ4v) is 4.04. The molecule has 0 saturated heterocycles. The molecule has 0 aliphatic heterocycles. The van der Waals surface area contributed by atoms with Crippen LogP contribution in [0.15, 0.2) is 0 Å². The first kappa shape index (κ1) is 32.8. The normalized spacial score (nSPS) is 15.1. The molecule has 0 saturated carbocycles. The molecule has 9 heteroatoms. The van der Waals surface area contributed by atoms with Crippen molar-refractivity contribution >= 4 is 23.7 Å². The Morgan fingerprint density at radius 1 is 0.657 bits per heavy atom. The molecule has 4 atom stereocenters. The molecule has 3 amide bonds. The lowest BCUT2D eigenvalue weighted by Crippen LogP contribution is -2.58. The van der Waals surface area contributed by atoms with Gasteiger partial charge in [-0.3, -0.25) is 14.4 Å². The second-order valence-corrected chi connectivity index (χ2v) is 11.3. The van der Waals surface area contributed by atoms with Gasteiger partial charge in [-0.15, -0.1) is 0 Å². The van der Waals surface area contributed by atoms with Crippen LogP contribution in [0.3, 0.4) is 0 Å². The van der Waals surface area contributed by atoms with Gasteiger partial charge in [0, 0.05) is 7.05 Å². The van der Waals surface area contributed by atoms with E-state index in [9.17, 15) is 24.3 Å². The molecule has 0 aromatic carbocycles. The summed E-state index contributed by atoms with van der Waals surface area (Å²) in [4.78, 5) is 52.8. The fraction of sp³-hybridized carbons (Fsp3) is 0.846. The largest absolute Gasteiger partial charge is 0.480 e. The van der Waals surface area contributed by atoms with Crippen LogP contribution in [-0.4, -0.2) is 72.0 Å². The molecule has 0 fully saturated rings. The first-order valence-corrected chi connectivity index (χ1v) is 12.9. The molecular formula is C26H50N4O5. The van der Waals surface area contributed by atoms with Crippen LogP contribution in [0.4, 0.5) is 0 Å². The van der Waals surface area contributed by atoms with Crippen LogP contribution in [0.1, 0.15) is 81.1 Å². The third kappa shape index (κ3) is 12.4. The number of carbonyl (C=O) groups excluding carboxylic acids is 3. The number of amides is 3. The maximum absolute atomic E-state index is 13.6. The monoisotopic (exact) mass is 498 g/mol. The second kappa shape index (κ2) is 15.8. The number of carboxylic acids is 1. The standard InChI is InChI=1S/C26H50N4O5/c1-15(2)11-19(27-9)23(31)28-20(12-16(3)4)25(33)30(10)22(14-18(7)8)24(32)29-21(26(34)35)13-17(5)6/h15-22,27H,11-14H2,1-10H3,(H,28,31)(H,29,32)(H,34,35)/t19-,20+,21+,22-/m1/s1. The minimum absolute atomic E-state index is 0.0795. The van der Waals surface area contributed by atoms with Crippen LogP contribution < -0.4 is 16.0 Å². The van der Waals surface area contributed by atoms with Crippen LogP contribution in [0.5, 0.6) is 0 Å². The van der Waals surface area contributed by atoms with Gasteiger partial charge in [-0.05, 0) is 56.4 Å². The lowest BCUT2D eigenvalue weighted by Gasteiger charge is -2.33. The molecule has 204 valence electrons. The lowest BCUT2D eigenvalue weighted by atomic mass is 9.97. The van der Waals surface area contributed by atoms with Crippen molar-refractivity contribution in [2.45, 2.75) is 105 Å². The minimum Gasteiger partial charge on any atom is -0.480 e. The van der Waals surface area contributed by atoms with Crippen molar-refractivity contribution in [3.63, 3.8) is 0 Å². The van der Waals surface area contributed by atoms with Crippen molar-refractivity contribution in [1.82, 2.24) is 20.9 Å². The summed E-state index contributed by atoms with van der Waals surface area (Å²) >= 11 is 0. The summed E-state index contributed by atoms with van der Waals surface area (Å²) in [6.07, 6.45) is 1.72. The number of rotatable bonds is 16. The third-order valence-electron chi connectivity index (χ3n) is 5.83. The summed E-state index contributed by atoms with van der Waals surface area (Å²) in [7, 11) is 3.27. The smallest absolute Gasteiger partial charge is 0.326 e. The average Bonchev–Trinajstić information content (AvgIpc) is 2.72. The lowest BCUT2D eigenvalue weighted by molar-refractivity contribution is -0.146. The molecule has 0 heterocycles. The summed E-state index contributed by atoms with van der Waals surface area (Å²) < 4.78 is 0. The van der Waals surface area contributed by atoms with Crippen molar-refractivity contribution in [3.8, 4) is 0 Å². The zero-order chi connectivity index (χ0) is 27.5. The van der Waals surface area contributed by atoms with E-state index in [1.165, 1.54) is 4.90 Å². The predicted octanol–water partition coefficient (Wildman–Crippen LogP) is 2.64. The highest BCUT2D eigenvalue weighted by Crippen LogP contribution is 2.16. The van der Waals surface area contributed by atoms with Gasteiger partial charge in [-0.2, -0.15) is 0 Å². The average molecular weight is 499 g/mol. The molecule has 0 aliphatic rings. The molecule has 4 N–H and O–H groups in total. The number of carboxylic acid groups (broad SMARTS) is 1. The van der Waals surface area contributed by atoms with Gasteiger partial charge in [-0.1, -0.05) is 55.4 Å². The molecule has 0 spiro atoms. The van der Waals surface area contributed by atoms with Crippen LogP contribution in [0.25, 0.3) is 0 Å². The highest BCUT2D eigenvalue weighted by molar-refractivity contribution is 5.94. The first-order chi connectivity index (χ1) is 16.1. The number of aliphatic carboxylic acids is 1. The summed E-state index contributed by atoms with van der Waals surface area (Å²) in [6.45, 7) is 15.7. The molecule has 0 bridgehead atoms. The van der Waals surface area contributed by atoms with E-state index >= 15 is 0 Å². The number of carbonyl (C=O) groups is 4. The van der Waals surface area contributed by atoms with Gasteiger partial charge in [0.05, 0.1) is 6.04 Å². The number of hydrogen-bond donors (Lipinski definition) is 4. The Balaban J connectivity index is 5.83. The van der Waals surface area contributed by atoms with Crippen molar-refractivity contribution in [3.05, 3.63) is 0 Å². The van der Waals surface area contributed by atoms with Gasteiger partial charge in [0.2, 0.25) is 17.7 Å². The second-order valence-electron chi connectivity index (χ2n) is 11.3. The fourth-order valence-electron chi connectivity index (χ4n) is 4.04. The Labute approximate surface area is 212 Å². The van der Waals surface area contributed by atoms with Crippen LogP contribution in [0.2, 0.25) is 0 Å². The molecule has 0 radical (unpaired) electrons. The van der Waals surface area contributed by atoms with E-state index in [-0.39, 0.29) is 29.6 Å². The van der Waals surface area contributed by atoms with Crippen LogP contribution in [0, 0.1) is 23.7 Å². The number of hydrogen-bond acceptors (Lipinski definition) is 5. The van der Waals surface area contributed by atoms with E-state index in [0.717, 1.165) is 0 Å². The van der Waals surface area contributed by atoms with Gasteiger partial charge >= 0.3 is 5.97 Å². The van der Waals surface area contributed by atoms with Crippen molar-refractivity contribution < 1.29 is 24.3 Å². The molecule has 35 heavy (non-hydrogen) atoms. The number of likely N-dealkylation sites (N-methyl/N-ethyl adjacent to an activating group) is 2. The van der Waals surface area contributed by atoms with Gasteiger partial charge in [-0.25, -0.2) is 4.79 Å². The molecular weight excluding hydrogens is 448 g/mol. The van der Waals surface area contributed by atoms with Crippen LogP contribution >= 0.6 is 0 Å². The molecule has 0 aliphatic carbocycles. The quantitative estimate of drug-likeness (QED) is 0.259. The number of nitrogens with zero attached hydrogens (tertiary/aromatic N) is 1. The number of nitrogens with one attached hydrogen (secondary N) is 3. The summed E-state index contributed by atoms with van der Waals surface area (Å²) in [6, 6.07) is -3.09.